The molecule has 0 amide bonds. The number of fused-ring (bicyclic) bond motifs is 1. The molecule has 74 valence electrons. The lowest BCUT2D eigenvalue weighted by molar-refractivity contribution is 0.760. The van der Waals surface area contributed by atoms with Crippen LogP contribution in [0.4, 0.5) is 0 Å². The molecular weight excluding hydrogens is 174 g/mol. The van der Waals surface area contributed by atoms with Crippen molar-refractivity contribution in [1.82, 2.24) is 14.9 Å². The Morgan fingerprint density at radius 1 is 1.43 bits per heavy atom. The summed E-state index contributed by atoms with van der Waals surface area (Å²) in [5.41, 5.74) is 3.50. The average molecular weight is 189 g/mol. The highest BCUT2D eigenvalue weighted by Crippen LogP contribution is 2.09. The summed E-state index contributed by atoms with van der Waals surface area (Å²) in [6, 6.07) is 8.36. The minimum Gasteiger partial charge on any atom is -0.319 e. The molecule has 14 heavy (non-hydrogen) atoms. The van der Waals surface area contributed by atoms with Gasteiger partial charge in [0.2, 0.25) is 0 Å². The van der Waals surface area contributed by atoms with Crippen molar-refractivity contribution in [3.05, 3.63) is 35.7 Å². The van der Waals surface area contributed by atoms with Crippen molar-refractivity contribution in [2.24, 2.45) is 0 Å². The molecule has 0 unspecified atom stereocenters. The van der Waals surface area contributed by atoms with Crippen LogP contribution in [0.15, 0.2) is 24.3 Å². The lowest BCUT2D eigenvalue weighted by Crippen LogP contribution is -2.10. The molecule has 0 aliphatic carbocycles. The summed E-state index contributed by atoms with van der Waals surface area (Å²) in [7, 11) is 1.96. The second kappa shape index (κ2) is 3.80. The molecule has 0 aromatic carbocycles. The molecule has 0 fully saturated rings. The number of nitrogens with zero attached hydrogens (tertiary/aromatic N) is 2. The molecule has 0 bridgehead atoms. The molecule has 0 saturated heterocycles. The van der Waals surface area contributed by atoms with Crippen LogP contribution in [0.25, 0.3) is 5.52 Å². The number of aryl methyl sites for hydroxylation is 1. The summed E-state index contributed by atoms with van der Waals surface area (Å²) in [6.07, 6.45) is 0.984. The van der Waals surface area contributed by atoms with Crippen molar-refractivity contribution in [3.63, 3.8) is 0 Å². The maximum Gasteiger partial charge on any atom is 0.0667 e. The van der Waals surface area contributed by atoms with Gasteiger partial charge in [-0.3, -0.25) is 0 Å². The Kier molecular flexibility index (Phi) is 2.50. The Labute approximate surface area is 83.7 Å². The monoisotopic (exact) mass is 189 g/mol. The topological polar surface area (TPSA) is 29.3 Å². The third kappa shape index (κ3) is 1.63. The lowest BCUT2D eigenvalue weighted by atomic mass is 10.3. The van der Waals surface area contributed by atoms with Crippen molar-refractivity contribution in [2.45, 2.75) is 13.3 Å². The van der Waals surface area contributed by atoms with E-state index in [0.29, 0.717) is 0 Å². The Bertz CT molecular complexity index is 431. The van der Waals surface area contributed by atoms with E-state index >= 15 is 0 Å². The van der Waals surface area contributed by atoms with Gasteiger partial charge >= 0.3 is 0 Å². The molecule has 0 radical (unpaired) electrons. The first-order chi connectivity index (χ1) is 6.81. The third-order valence-electron chi connectivity index (χ3n) is 2.36. The van der Waals surface area contributed by atoms with Crippen LogP contribution in [-0.4, -0.2) is 23.2 Å². The van der Waals surface area contributed by atoms with Crippen LogP contribution >= 0.6 is 0 Å². The summed E-state index contributed by atoms with van der Waals surface area (Å²) in [5, 5.41) is 7.65. The van der Waals surface area contributed by atoms with Crippen molar-refractivity contribution in [1.29, 1.82) is 0 Å². The van der Waals surface area contributed by atoms with Crippen LogP contribution in [0.3, 0.4) is 0 Å². The summed E-state index contributed by atoms with van der Waals surface area (Å²) in [4.78, 5) is 0. The van der Waals surface area contributed by atoms with Gasteiger partial charge in [-0.15, -0.1) is 0 Å². The molecule has 2 heterocycles. The maximum atomic E-state index is 4.53. The first-order valence-corrected chi connectivity index (χ1v) is 4.90. The fourth-order valence-corrected chi connectivity index (χ4v) is 1.58. The quantitative estimate of drug-likeness (QED) is 0.791. The van der Waals surface area contributed by atoms with Gasteiger partial charge in [-0.05, 0) is 32.2 Å². The number of aromatic nitrogens is 2. The van der Waals surface area contributed by atoms with E-state index in [0.717, 1.165) is 18.7 Å². The fraction of sp³-hybridized carbons (Fsp3) is 0.364. The van der Waals surface area contributed by atoms with Crippen LogP contribution in [0.5, 0.6) is 0 Å². The molecule has 3 heteroatoms. The van der Waals surface area contributed by atoms with Crippen molar-refractivity contribution >= 4 is 5.52 Å². The molecule has 1 N–H and O–H groups in total. The number of likely N-dealkylation sites (N-methyl/N-ethyl adjacent to an activating group) is 1. The minimum absolute atomic E-state index is 0.975. The average Bonchev–Trinajstić information content (AvgIpc) is 2.59. The molecule has 2 aromatic heterocycles. The van der Waals surface area contributed by atoms with E-state index < -0.39 is 0 Å². The van der Waals surface area contributed by atoms with Crippen LogP contribution in [0.2, 0.25) is 0 Å². The zero-order chi connectivity index (χ0) is 9.97. The highest BCUT2D eigenvalue weighted by atomic mass is 15.2. The Hall–Kier alpha value is -1.35. The summed E-state index contributed by atoms with van der Waals surface area (Å²) in [6.45, 7) is 3.05. The first-order valence-electron chi connectivity index (χ1n) is 4.90. The zero-order valence-electron chi connectivity index (χ0n) is 8.62. The number of nitrogens with one attached hydrogen (secondary N) is 1. The predicted octanol–water partition coefficient (Wildman–Crippen LogP) is 1.40. The predicted molar refractivity (Wildman–Crippen MR) is 57.6 cm³/mol. The molecule has 2 aromatic rings. The third-order valence-corrected chi connectivity index (χ3v) is 2.36. The van der Waals surface area contributed by atoms with E-state index in [1.165, 1.54) is 11.2 Å². The van der Waals surface area contributed by atoms with Gasteiger partial charge in [0, 0.05) is 18.7 Å². The maximum absolute atomic E-state index is 4.53. The lowest BCUT2D eigenvalue weighted by Gasteiger charge is -1.96. The van der Waals surface area contributed by atoms with Crippen LogP contribution in [0, 0.1) is 6.92 Å². The first kappa shape index (κ1) is 9.21. The second-order valence-corrected chi connectivity index (χ2v) is 3.49. The summed E-state index contributed by atoms with van der Waals surface area (Å²) in [5.74, 6) is 0. The van der Waals surface area contributed by atoms with Gasteiger partial charge in [-0.1, -0.05) is 6.07 Å². The van der Waals surface area contributed by atoms with Gasteiger partial charge in [-0.2, -0.15) is 5.10 Å². The molecule has 0 atom stereocenters. The number of pyridine rings is 1. The van der Waals surface area contributed by atoms with Crippen LogP contribution < -0.4 is 5.32 Å². The SMILES string of the molecule is CNCCc1cc2cccc(C)n2n1. The van der Waals surface area contributed by atoms with E-state index in [1.807, 2.05) is 11.6 Å². The van der Waals surface area contributed by atoms with Gasteiger partial charge in [0.25, 0.3) is 0 Å². The van der Waals surface area contributed by atoms with Gasteiger partial charge in [0.15, 0.2) is 0 Å². The normalized spacial score (nSPS) is 11.0. The van der Waals surface area contributed by atoms with Crippen molar-refractivity contribution in [3.8, 4) is 0 Å². The van der Waals surface area contributed by atoms with Crippen LogP contribution in [-0.2, 0) is 6.42 Å². The molecule has 2 rings (SSSR count). The smallest absolute Gasteiger partial charge is 0.0667 e. The molecule has 3 nitrogen and oxygen atoms in total. The van der Waals surface area contributed by atoms with Gasteiger partial charge in [0.1, 0.15) is 0 Å². The molecule has 0 spiro atoms. The summed E-state index contributed by atoms with van der Waals surface area (Å²) < 4.78 is 1.99. The van der Waals surface area contributed by atoms with Gasteiger partial charge in [-0.25, -0.2) is 4.52 Å². The van der Waals surface area contributed by atoms with Gasteiger partial charge in [0.05, 0.1) is 11.2 Å². The van der Waals surface area contributed by atoms with Crippen molar-refractivity contribution in [2.75, 3.05) is 13.6 Å². The Morgan fingerprint density at radius 3 is 3.00 bits per heavy atom. The van der Waals surface area contributed by atoms with E-state index in [-0.39, 0.29) is 0 Å². The largest absolute Gasteiger partial charge is 0.319 e. The molecule has 0 saturated carbocycles. The van der Waals surface area contributed by atoms with Crippen molar-refractivity contribution < 1.29 is 0 Å². The van der Waals surface area contributed by atoms with E-state index in [1.54, 1.807) is 0 Å². The second-order valence-electron chi connectivity index (χ2n) is 3.49. The number of rotatable bonds is 3. The zero-order valence-corrected chi connectivity index (χ0v) is 8.62. The fourth-order valence-electron chi connectivity index (χ4n) is 1.58. The Morgan fingerprint density at radius 2 is 2.29 bits per heavy atom. The Balaban J connectivity index is 2.36. The summed E-state index contributed by atoms with van der Waals surface area (Å²) >= 11 is 0. The number of hydrogen-bond donors (Lipinski definition) is 1. The van der Waals surface area contributed by atoms with E-state index in [4.69, 9.17) is 0 Å². The highest BCUT2D eigenvalue weighted by molar-refractivity contribution is 5.48. The molecular formula is C11H15N3. The highest BCUT2D eigenvalue weighted by Gasteiger charge is 2.01. The minimum atomic E-state index is 0.975. The van der Waals surface area contributed by atoms with E-state index in [9.17, 15) is 0 Å². The molecule has 0 aliphatic heterocycles. The van der Waals surface area contributed by atoms with E-state index in [2.05, 4.69) is 41.6 Å². The van der Waals surface area contributed by atoms with Crippen LogP contribution in [0.1, 0.15) is 11.4 Å². The molecule has 0 aliphatic rings. The number of hydrogen-bond acceptors (Lipinski definition) is 2. The standard InChI is InChI=1S/C11H15N3/c1-9-4-3-5-11-8-10(6-7-12-2)13-14(9)11/h3-5,8,12H,6-7H2,1-2H3. The van der Waals surface area contributed by atoms with Gasteiger partial charge < -0.3 is 5.32 Å².